The SMILES string of the molecule is CCCCN1C(=O)C(O)=C(C(=O)CC(C)C)C1c1cn(C)c2ccccc12. The number of Topliss-reactive ketones (excluding diaryl/α,β-unsaturated/α-hetero) is 1. The van der Waals surface area contributed by atoms with E-state index in [-0.39, 0.29) is 23.0 Å². The highest BCUT2D eigenvalue weighted by molar-refractivity contribution is 6.09. The van der Waals surface area contributed by atoms with E-state index in [1.165, 1.54) is 0 Å². The Labute approximate surface area is 160 Å². The van der Waals surface area contributed by atoms with E-state index in [9.17, 15) is 14.7 Å². The Balaban J connectivity index is 2.15. The van der Waals surface area contributed by atoms with Crippen LogP contribution in [0, 0.1) is 5.92 Å². The minimum absolute atomic E-state index is 0.146. The fourth-order valence-corrected chi connectivity index (χ4v) is 3.89. The summed E-state index contributed by atoms with van der Waals surface area (Å²) in [6, 6.07) is 7.43. The number of unbranched alkanes of at least 4 members (excludes halogenated alkanes) is 1. The van der Waals surface area contributed by atoms with Crippen molar-refractivity contribution in [1.82, 2.24) is 9.47 Å². The fraction of sp³-hybridized carbons (Fsp3) is 0.455. The number of aliphatic hydroxyl groups is 1. The first-order valence-corrected chi connectivity index (χ1v) is 9.68. The van der Waals surface area contributed by atoms with E-state index >= 15 is 0 Å². The van der Waals surface area contributed by atoms with Crippen molar-refractivity contribution >= 4 is 22.6 Å². The summed E-state index contributed by atoms with van der Waals surface area (Å²) < 4.78 is 2.01. The first-order chi connectivity index (χ1) is 12.9. The Morgan fingerprint density at radius 2 is 1.96 bits per heavy atom. The van der Waals surface area contributed by atoms with Crippen molar-refractivity contribution in [2.45, 2.75) is 46.1 Å². The minimum Gasteiger partial charge on any atom is -0.503 e. The number of benzene rings is 1. The van der Waals surface area contributed by atoms with Crippen LogP contribution in [0.15, 0.2) is 41.8 Å². The fourth-order valence-electron chi connectivity index (χ4n) is 3.89. The molecule has 2 heterocycles. The van der Waals surface area contributed by atoms with Gasteiger partial charge >= 0.3 is 0 Å². The van der Waals surface area contributed by atoms with E-state index in [0.717, 1.165) is 29.3 Å². The molecule has 1 atom stereocenters. The summed E-state index contributed by atoms with van der Waals surface area (Å²) in [7, 11) is 1.96. The maximum atomic E-state index is 13.0. The number of carbonyl (C=O) groups is 2. The van der Waals surface area contributed by atoms with E-state index in [1.54, 1.807) is 4.90 Å². The highest BCUT2D eigenvalue weighted by Crippen LogP contribution is 2.41. The summed E-state index contributed by atoms with van der Waals surface area (Å²) >= 11 is 0. The van der Waals surface area contributed by atoms with Gasteiger partial charge < -0.3 is 14.6 Å². The first-order valence-electron chi connectivity index (χ1n) is 9.68. The molecule has 1 aliphatic heterocycles. The molecule has 144 valence electrons. The third kappa shape index (κ3) is 3.38. The van der Waals surface area contributed by atoms with Gasteiger partial charge in [0.25, 0.3) is 5.91 Å². The molecule has 1 unspecified atom stereocenters. The molecule has 0 saturated heterocycles. The van der Waals surface area contributed by atoms with Gasteiger partial charge in [-0.25, -0.2) is 0 Å². The van der Waals surface area contributed by atoms with Crippen LogP contribution >= 0.6 is 0 Å². The Kier molecular flexibility index (Phi) is 5.40. The third-order valence-electron chi connectivity index (χ3n) is 5.17. The van der Waals surface area contributed by atoms with Crippen LogP contribution in [0.4, 0.5) is 0 Å². The molecule has 2 aromatic rings. The normalized spacial score (nSPS) is 17.6. The highest BCUT2D eigenvalue weighted by atomic mass is 16.3. The number of para-hydroxylation sites is 1. The molecule has 0 spiro atoms. The van der Waals surface area contributed by atoms with Crippen LogP contribution in [-0.2, 0) is 16.6 Å². The van der Waals surface area contributed by atoms with Crippen molar-refractivity contribution in [3.05, 3.63) is 47.4 Å². The Morgan fingerprint density at radius 1 is 1.26 bits per heavy atom. The predicted octanol–water partition coefficient (Wildman–Crippen LogP) is 4.29. The van der Waals surface area contributed by atoms with E-state index in [0.29, 0.717) is 13.0 Å². The summed E-state index contributed by atoms with van der Waals surface area (Å²) in [5.41, 5.74) is 2.19. The third-order valence-corrected chi connectivity index (χ3v) is 5.17. The maximum Gasteiger partial charge on any atom is 0.290 e. The number of aryl methyl sites for hydroxylation is 1. The molecule has 0 saturated carbocycles. The second-order valence-electron chi connectivity index (χ2n) is 7.75. The van der Waals surface area contributed by atoms with Crippen molar-refractivity contribution in [1.29, 1.82) is 0 Å². The van der Waals surface area contributed by atoms with E-state index < -0.39 is 11.9 Å². The van der Waals surface area contributed by atoms with Crippen molar-refractivity contribution in [3.8, 4) is 0 Å². The number of fused-ring (bicyclic) bond motifs is 1. The van der Waals surface area contributed by atoms with Crippen molar-refractivity contribution in [3.63, 3.8) is 0 Å². The van der Waals surface area contributed by atoms with Gasteiger partial charge in [-0.3, -0.25) is 9.59 Å². The molecule has 5 heteroatoms. The van der Waals surface area contributed by atoms with Crippen LogP contribution in [0.5, 0.6) is 0 Å². The zero-order valence-corrected chi connectivity index (χ0v) is 16.5. The number of aromatic nitrogens is 1. The molecule has 1 aromatic heterocycles. The molecule has 1 N–H and O–H groups in total. The zero-order chi connectivity index (χ0) is 19.7. The Hall–Kier alpha value is -2.56. The molecule has 3 rings (SSSR count). The first kappa shape index (κ1) is 19.2. The van der Waals surface area contributed by atoms with Crippen molar-refractivity contribution in [2.24, 2.45) is 13.0 Å². The lowest BCUT2D eigenvalue weighted by atomic mass is 9.92. The van der Waals surface area contributed by atoms with Gasteiger partial charge in [0.2, 0.25) is 0 Å². The second-order valence-corrected chi connectivity index (χ2v) is 7.75. The van der Waals surface area contributed by atoms with Crippen LogP contribution in [0.2, 0.25) is 0 Å². The molecule has 0 fully saturated rings. The van der Waals surface area contributed by atoms with Crippen LogP contribution in [0.1, 0.15) is 51.6 Å². The number of carbonyl (C=O) groups excluding carboxylic acids is 2. The molecule has 1 aliphatic rings. The topological polar surface area (TPSA) is 62.5 Å². The summed E-state index contributed by atoms with van der Waals surface area (Å²) in [4.78, 5) is 27.4. The average Bonchev–Trinajstić information content (AvgIpc) is 3.08. The molecule has 0 bridgehead atoms. The number of nitrogens with zero attached hydrogens (tertiary/aromatic N) is 2. The summed E-state index contributed by atoms with van der Waals surface area (Å²) in [5.74, 6) is -0.804. The molecule has 27 heavy (non-hydrogen) atoms. The van der Waals surface area contributed by atoms with Gasteiger partial charge in [0.1, 0.15) is 0 Å². The van der Waals surface area contributed by atoms with Gasteiger partial charge in [0.05, 0.1) is 11.6 Å². The number of ketones is 1. The molecular weight excluding hydrogens is 340 g/mol. The van der Waals surface area contributed by atoms with Crippen molar-refractivity contribution < 1.29 is 14.7 Å². The lowest BCUT2D eigenvalue weighted by molar-refractivity contribution is -0.129. The summed E-state index contributed by atoms with van der Waals surface area (Å²) in [6.07, 6.45) is 4.05. The smallest absolute Gasteiger partial charge is 0.290 e. The maximum absolute atomic E-state index is 13.0. The Morgan fingerprint density at radius 3 is 2.63 bits per heavy atom. The van der Waals surface area contributed by atoms with Crippen molar-refractivity contribution in [2.75, 3.05) is 6.54 Å². The number of rotatable bonds is 7. The number of amides is 1. The molecule has 1 amide bonds. The molecule has 5 nitrogen and oxygen atoms in total. The number of hydrogen-bond donors (Lipinski definition) is 1. The lowest BCUT2D eigenvalue weighted by Gasteiger charge is -2.26. The quantitative estimate of drug-likeness (QED) is 0.793. The number of aliphatic hydroxyl groups excluding tert-OH is 1. The molecule has 0 radical (unpaired) electrons. The second kappa shape index (κ2) is 7.59. The monoisotopic (exact) mass is 368 g/mol. The van der Waals surface area contributed by atoms with E-state index in [1.807, 2.05) is 55.9 Å². The van der Waals surface area contributed by atoms with Crippen LogP contribution in [0.3, 0.4) is 0 Å². The van der Waals surface area contributed by atoms with Crippen LogP contribution in [-0.4, -0.2) is 32.8 Å². The lowest BCUT2D eigenvalue weighted by Crippen LogP contribution is -2.32. The van der Waals surface area contributed by atoms with Gasteiger partial charge in [0, 0.05) is 42.7 Å². The largest absolute Gasteiger partial charge is 0.503 e. The minimum atomic E-state index is -0.526. The average molecular weight is 368 g/mol. The van der Waals surface area contributed by atoms with Gasteiger partial charge in [-0.05, 0) is 18.4 Å². The van der Waals surface area contributed by atoms with E-state index in [2.05, 4.69) is 6.92 Å². The summed E-state index contributed by atoms with van der Waals surface area (Å²) in [6.45, 7) is 6.51. The van der Waals surface area contributed by atoms with Gasteiger partial charge in [0.15, 0.2) is 11.5 Å². The molecule has 0 aliphatic carbocycles. The van der Waals surface area contributed by atoms with Gasteiger partial charge in [-0.2, -0.15) is 0 Å². The van der Waals surface area contributed by atoms with E-state index in [4.69, 9.17) is 0 Å². The Bertz CT molecular complexity index is 907. The van der Waals surface area contributed by atoms with Gasteiger partial charge in [-0.15, -0.1) is 0 Å². The predicted molar refractivity (Wildman–Crippen MR) is 106 cm³/mol. The summed E-state index contributed by atoms with van der Waals surface area (Å²) in [5, 5.41) is 11.6. The molecule has 1 aromatic carbocycles. The standard InChI is InChI=1S/C22H28N2O3/c1-5-6-11-24-20(16-13-23(4)17-10-8-7-9-15(16)17)19(21(26)22(24)27)18(25)12-14(2)3/h7-10,13-14,20,26H,5-6,11-12H2,1-4H3. The van der Waals surface area contributed by atoms with Crippen LogP contribution in [0.25, 0.3) is 10.9 Å². The van der Waals surface area contributed by atoms with Crippen LogP contribution < -0.4 is 0 Å². The highest BCUT2D eigenvalue weighted by Gasteiger charge is 2.44. The zero-order valence-electron chi connectivity index (χ0n) is 16.5. The number of hydrogen-bond acceptors (Lipinski definition) is 3. The molecular formula is C22H28N2O3. The van der Waals surface area contributed by atoms with Gasteiger partial charge in [-0.1, -0.05) is 45.4 Å².